The third-order valence-corrected chi connectivity index (χ3v) is 4.93. The molecule has 0 fully saturated rings. The number of aromatic nitrogens is 2. The Kier molecular flexibility index (Phi) is 5.42. The van der Waals surface area contributed by atoms with Crippen LogP contribution in [0.3, 0.4) is 0 Å². The summed E-state index contributed by atoms with van der Waals surface area (Å²) in [6.45, 7) is 2.59. The molecule has 148 valence electrons. The molecule has 6 nitrogen and oxygen atoms in total. The lowest BCUT2D eigenvalue weighted by atomic mass is 10.1. The number of carbonyl (C=O) groups is 1. The van der Waals surface area contributed by atoms with Crippen LogP contribution < -0.4 is 10.1 Å². The summed E-state index contributed by atoms with van der Waals surface area (Å²) in [4.78, 5) is 20.5. The normalized spacial score (nSPS) is 12.4. The van der Waals surface area contributed by atoms with Crippen LogP contribution in [-0.4, -0.2) is 27.7 Å². The molecule has 0 unspecified atom stereocenters. The van der Waals surface area contributed by atoms with Crippen molar-refractivity contribution in [1.29, 1.82) is 0 Å². The zero-order valence-corrected chi connectivity index (χ0v) is 16.3. The highest BCUT2D eigenvalue weighted by Crippen LogP contribution is 2.31. The van der Waals surface area contributed by atoms with Gasteiger partial charge in [-0.15, -0.1) is 0 Å². The van der Waals surface area contributed by atoms with Crippen molar-refractivity contribution in [3.63, 3.8) is 0 Å². The molecule has 1 aliphatic carbocycles. The highest BCUT2D eigenvalue weighted by molar-refractivity contribution is 5.71. The Morgan fingerprint density at radius 3 is 2.52 bits per heavy atom. The summed E-state index contributed by atoms with van der Waals surface area (Å²) >= 11 is 0. The van der Waals surface area contributed by atoms with E-state index in [9.17, 15) is 4.79 Å². The van der Waals surface area contributed by atoms with Crippen molar-refractivity contribution in [2.75, 3.05) is 11.9 Å². The maximum atomic E-state index is 10.9. The van der Waals surface area contributed by atoms with Crippen LogP contribution in [0.2, 0.25) is 0 Å². The lowest BCUT2D eigenvalue weighted by molar-refractivity contribution is -0.136. The number of aryl methyl sites for hydroxylation is 1. The second-order valence-corrected chi connectivity index (χ2v) is 7.02. The van der Waals surface area contributed by atoms with Gasteiger partial charge in [0.2, 0.25) is 0 Å². The molecule has 1 heterocycles. The predicted molar refractivity (Wildman–Crippen MR) is 112 cm³/mol. The van der Waals surface area contributed by atoms with Crippen LogP contribution in [0, 0.1) is 0 Å². The molecular formula is C23H23N3O3. The van der Waals surface area contributed by atoms with E-state index in [1.165, 1.54) is 0 Å². The van der Waals surface area contributed by atoms with Crippen LogP contribution in [0.1, 0.15) is 30.2 Å². The minimum Gasteiger partial charge on any atom is -0.494 e. The molecule has 0 amide bonds. The summed E-state index contributed by atoms with van der Waals surface area (Å²) in [6, 6.07) is 15.2. The molecule has 1 aromatic heterocycles. The van der Waals surface area contributed by atoms with E-state index in [1.807, 2.05) is 55.5 Å². The van der Waals surface area contributed by atoms with Crippen LogP contribution >= 0.6 is 0 Å². The van der Waals surface area contributed by atoms with Gasteiger partial charge in [0.25, 0.3) is 0 Å². The summed E-state index contributed by atoms with van der Waals surface area (Å²) in [5.74, 6) is 1.51. The number of benzene rings is 2. The minimum atomic E-state index is -0.834. The molecule has 0 aliphatic heterocycles. The smallest absolute Gasteiger partial charge is 0.307 e. The van der Waals surface area contributed by atoms with E-state index in [0.717, 1.165) is 58.9 Å². The van der Waals surface area contributed by atoms with Crippen molar-refractivity contribution >= 4 is 17.5 Å². The van der Waals surface area contributed by atoms with E-state index in [4.69, 9.17) is 19.8 Å². The number of hydrogen-bond acceptors (Lipinski definition) is 5. The fourth-order valence-electron chi connectivity index (χ4n) is 3.55. The van der Waals surface area contributed by atoms with Crippen LogP contribution in [-0.2, 0) is 24.1 Å². The number of nitrogens with zero attached hydrogens (tertiary/aromatic N) is 2. The van der Waals surface area contributed by atoms with Gasteiger partial charge in [-0.1, -0.05) is 12.1 Å². The van der Waals surface area contributed by atoms with Crippen molar-refractivity contribution in [3.05, 3.63) is 65.4 Å². The molecule has 0 spiro atoms. The Labute approximate surface area is 169 Å². The number of anilines is 2. The van der Waals surface area contributed by atoms with Crippen LogP contribution in [0.15, 0.2) is 48.5 Å². The van der Waals surface area contributed by atoms with Crippen molar-refractivity contribution in [2.45, 2.75) is 32.6 Å². The van der Waals surface area contributed by atoms with Crippen molar-refractivity contribution in [3.8, 4) is 17.1 Å². The van der Waals surface area contributed by atoms with Gasteiger partial charge in [-0.05, 0) is 68.1 Å². The van der Waals surface area contributed by atoms with Crippen LogP contribution in [0.25, 0.3) is 11.4 Å². The van der Waals surface area contributed by atoms with E-state index in [2.05, 4.69) is 5.32 Å². The molecule has 4 rings (SSSR count). The van der Waals surface area contributed by atoms with Crippen LogP contribution in [0.4, 0.5) is 11.5 Å². The zero-order valence-electron chi connectivity index (χ0n) is 16.3. The molecule has 0 saturated carbocycles. The average Bonchev–Trinajstić information content (AvgIpc) is 3.19. The van der Waals surface area contributed by atoms with Gasteiger partial charge in [-0.2, -0.15) is 0 Å². The standard InChI is InChI=1S/C23H23N3O3/c1-2-29-18-12-8-16(9-13-18)22-25-20-5-3-4-19(20)23(26-22)24-17-10-6-15(7-11-17)14-21(27)28/h6-13H,2-5,14H2,1H3,(H,27,28)(H,24,25,26). The molecule has 6 heteroatoms. The molecular weight excluding hydrogens is 366 g/mol. The largest absolute Gasteiger partial charge is 0.494 e. The monoisotopic (exact) mass is 389 g/mol. The van der Waals surface area contributed by atoms with Gasteiger partial charge in [0.15, 0.2) is 5.82 Å². The predicted octanol–water partition coefficient (Wildman–Crippen LogP) is 4.40. The Hall–Kier alpha value is -3.41. The van der Waals surface area contributed by atoms with E-state index >= 15 is 0 Å². The number of nitrogens with one attached hydrogen (secondary N) is 1. The Balaban J connectivity index is 1.62. The first-order valence-electron chi connectivity index (χ1n) is 9.83. The molecule has 29 heavy (non-hydrogen) atoms. The first-order chi connectivity index (χ1) is 14.1. The fraction of sp³-hybridized carbons (Fsp3) is 0.261. The molecule has 1 aliphatic rings. The molecule has 0 saturated heterocycles. The van der Waals surface area contributed by atoms with Gasteiger partial charge in [0.1, 0.15) is 11.6 Å². The molecule has 2 aromatic carbocycles. The first kappa shape index (κ1) is 18.9. The number of carboxylic acids is 1. The topological polar surface area (TPSA) is 84.3 Å². The summed E-state index contributed by atoms with van der Waals surface area (Å²) in [5.41, 5.74) is 4.85. The van der Waals surface area contributed by atoms with Gasteiger partial charge in [-0.3, -0.25) is 4.79 Å². The average molecular weight is 389 g/mol. The van der Waals surface area contributed by atoms with Gasteiger partial charge in [0, 0.05) is 22.5 Å². The molecule has 2 N–H and O–H groups in total. The SMILES string of the molecule is CCOc1ccc(-c2nc3c(c(Nc4ccc(CC(=O)O)cc4)n2)CCC3)cc1. The van der Waals surface area contributed by atoms with Gasteiger partial charge in [-0.25, -0.2) is 9.97 Å². The molecule has 3 aromatic rings. The second kappa shape index (κ2) is 8.31. The molecule has 0 atom stereocenters. The number of fused-ring (bicyclic) bond motifs is 1. The van der Waals surface area contributed by atoms with Crippen molar-refractivity contribution in [1.82, 2.24) is 9.97 Å². The summed E-state index contributed by atoms with van der Waals surface area (Å²) in [5, 5.41) is 12.3. The number of rotatable bonds is 7. The minimum absolute atomic E-state index is 0.0189. The third kappa shape index (κ3) is 4.37. The Morgan fingerprint density at radius 2 is 1.83 bits per heavy atom. The lowest BCUT2D eigenvalue weighted by Crippen LogP contribution is -2.04. The number of carboxylic acid groups (broad SMARTS) is 1. The summed E-state index contributed by atoms with van der Waals surface area (Å²) in [7, 11) is 0. The van der Waals surface area contributed by atoms with Gasteiger partial charge in [0.05, 0.1) is 13.0 Å². The van der Waals surface area contributed by atoms with Crippen molar-refractivity contribution < 1.29 is 14.6 Å². The first-order valence-corrected chi connectivity index (χ1v) is 9.83. The van der Waals surface area contributed by atoms with Crippen LogP contribution in [0.5, 0.6) is 5.75 Å². The van der Waals surface area contributed by atoms with E-state index in [1.54, 1.807) is 0 Å². The molecule has 0 radical (unpaired) electrons. The summed E-state index contributed by atoms with van der Waals surface area (Å²) in [6.07, 6.45) is 3.00. The maximum absolute atomic E-state index is 10.9. The van der Waals surface area contributed by atoms with E-state index in [0.29, 0.717) is 12.4 Å². The van der Waals surface area contributed by atoms with Crippen molar-refractivity contribution in [2.24, 2.45) is 0 Å². The quantitative estimate of drug-likeness (QED) is 0.623. The van der Waals surface area contributed by atoms with E-state index < -0.39 is 5.97 Å². The summed E-state index contributed by atoms with van der Waals surface area (Å²) < 4.78 is 5.52. The highest BCUT2D eigenvalue weighted by atomic mass is 16.5. The zero-order chi connectivity index (χ0) is 20.2. The molecule has 0 bridgehead atoms. The maximum Gasteiger partial charge on any atom is 0.307 e. The highest BCUT2D eigenvalue weighted by Gasteiger charge is 2.20. The second-order valence-electron chi connectivity index (χ2n) is 7.02. The number of aliphatic carboxylic acids is 1. The Bertz CT molecular complexity index is 1010. The lowest BCUT2D eigenvalue weighted by Gasteiger charge is -2.13. The number of hydrogen-bond donors (Lipinski definition) is 2. The number of ether oxygens (including phenoxy) is 1. The van der Waals surface area contributed by atoms with E-state index in [-0.39, 0.29) is 6.42 Å². The fourth-order valence-corrected chi connectivity index (χ4v) is 3.55. The third-order valence-electron chi connectivity index (χ3n) is 4.93. The van der Waals surface area contributed by atoms with Gasteiger partial charge >= 0.3 is 5.97 Å². The Morgan fingerprint density at radius 1 is 1.07 bits per heavy atom. The van der Waals surface area contributed by atoms with Gasteiger partial charge < -0.3 is 15.2 Å².